The Morgan fingerprint density at radius 2 is 1.88 bits per heavy atom. The minimum absolute atomic E-state index is 0.0143. The van der Waals surface area contributed by atoms with Crippen molar-refractivity contribution in [3.05, 3.63) is 51.0 Å². The summed E-state index contributed by atoms with van der Waals surface area (Å²) in [5.41, 5.74) is 1.35. The van der Waals surface area contributed by atoms with E-state index in [0.717, 1.165) is 0 Å². The fourth-order valence-corrected chi connectivity index (χ4v) is 2.57. The van der Waals surface area contributed by atoms with Gasteiger partial charge in [0.15, 0.2) is 0 Å². The van der Waals surface area contributed by atoms with Gasteiger partial charge in [0.05, 0.1) is 36.4 Å². The average molecular weight is 380 g/mol. The number of anilines is 2. The molecule has 2 aromatic carbocycles. The van der Waals surface area contributed by atoms with Crippen LogP contribution in [-0.4, -0.2) is 31.6 Å². The van der Waals surface area contributed by atoms with Crippen LogP contribution in [-0.2, 0) is 4.79 Å². The molecule has 8 nitrogen and oxygen atoms in total. The van der Waals surface area contributed by atoms with Gasteiger partial charge in [0.2, 0.25) is 5.91 Å². The monoisotopic (exact) mass is 379 g/mol. The third-order valence-corrected chi connectivity index (χ3v) is 3.98. The van der Waals surface area contributed by atoms with Crippen molar-refractivity contribution in [3.63, 3.8) is 0 Å². The lowest BCUT2D eigenvalue weighted by molar-refractivity contribution is -0.385. The molecule has 138 valence electrons. The van der Waals surface area contributed by atoms with Crippen molar-refractivity contribution in [3.8, 4) is 11.5 Å². The quantitative estimate of drug-likeness (QED) is 0.562. The molecule has 0 heterocycles. The number of nitrogens with one attached hydrogen (secondary N) is 2. The molecule has 1 amide bonds. The van der Waals surface area contributed by atoms with Crippen molar-refractivity contribution in [1.29, 1.82) is 0 Å². The summed E-state index contributed by atoms with van der Waals surface area (Å²) in [6, 6.07) is 7.72. The second kappa shape index (κ2) is 8.39. The van der Waals surface area contributed by atoms with Crippen molar-refractivity contribution in [2.24, 2.45) is 0 Å². The Morgan fingerprint density at radius 3 is 2.50 bits per heavy atom. The van der Waals surface area contributed by atoms with Crippen molar-refractivity contribution in [1.82, 2.24) is 0 Å². The van der Waals surface area contributed by atoms with E-state index in [0.29, 0.717) is 33.5 Å². The van der Waals surface area contributed by atoms with Crippen LogP contribution in [0.1, 0.15) is 5.56 Å². The SMILES string of the molecule is COc1cc(NC(=O)CNc2cccc([N+](=O)[O-])c2C)c(OC)cc1Cl. The number of nitrogens with zero attached hydrogens (tertiary/aromatic N) is 1. The minimum Gasteiger partial charge on any atom is -0.495 e. The maximum absolute atomic E-state index is 12.2. The first kappa shape index (κ1) is 19.3. The second-order valence-corrected chi connectivity index (χ2v) is 5.70. The Balaban J connectivity index is 2.11. The van der Waals surface area contributed by atoms with Crippen LogP contribution < -0.4 is 20.1 Å². The van der Waals surface area contributed by atoms with Gasteiger partial charge in [-0.2, -0.15) is 0 Å². The van der Waals surface area contributed by atoms with E-state index in [1.807, 2.05) is 0 Å². The summed E-state index contributed by atoms with van der Waals surface area (Å²) < 4.78 is 10.3. The van der Waals surface area contributed by atoms with Crippen LogP contribution in [0.25, 0.3) is 0 Å². The van der Waals surface area contributed by atoms with E-state index in [2.05, 4.69) is 10.6 Å². The molecule has 0 spiro atoms. The van der Waals surface area contributed by atoms with Gasteiger partial charge in [-0.1, -0.05) is 17.7 Å². The van der Waals surface area contributed by atoms with Crippen LogP contribution in [0.2, 0.25) is 5.02 Å². The highest BCUT2D eigenvalue weighted by Crippen LogP contribution is 2.35. The molecule has 2 rings (SSSR count). The van der Waals surface area contributed by atoms with Crippen molar-refractivity contribution in [2.75, 3.05) is 31.4 Å². The zero-order chi connectivity index (χ0) is 19.3. The predicted octanol–water partition coefficient (Wildman–Crippen LogP) is 3.62. The van der Waals surface area contributed by atoms with Crippen LogP contribution in [0.3, 0.4) is 0 Å². The summed E-state index contributed by atoms with van der Waals surface area (Å²) in [4.78, 5) is 22.7. The first-order valence-electron chi connectivity index (χ1n) is 7.56. The number of amides is 1. The Hall–Kier alpha value is -3.00. The summed E-state index contributed by atoms with van der Waals surface area (Å²) in [6.07, 6.45) is 0. The normalized spacial score (nSPS) is 10.2. The molecule has 26 heavy (non-hydrogen) atoms. The number of methoxy groups -OCH3 is 2. The van der Waals surface area contributed by atoms with Gasteiger partial charge in [0, 0.05) is 29.4 Å². The van der Waals surface area contributed by atoms with E-state index >= 15 is 0 Å². The van der Waals surface area contributed by atoms with Gasteiger partial charge < -0.3 is 20.1 Å². The zero-order valence-corrected chi connectivity index (χ0v) is 15.2. The molecule has 0 fully saturated rings. The van der Waals surface area contributed by atoms with Crippen LogP contribution >= 0.6 is 11.6 Å². The number of carbonyl (C=O) groups is 1. The number of ether oxygens (including phenoxy) is 2. The zero-order valence-electron chi connectivity index (χ0n) is 14.5. The standard InChI is InChI=1S/C17H18ClN3O5/c1-10-12(5-4-6-14(10)21(23)24)19-9-17(22)20-13-8-15(25-2)11(18)7-16(13)26-3/h4-8,19H,9H2,1-3H3,(H,20,22). The number of hydrogen-bond donors (Lipinski definition) is 2. The van der Waals surface area contributed by atoms with E-state index in [9.17, 15) is 14.9 Å². The Kier molecular flexibility index (Phi) is 6.24. The fraction of sp³-hybridized carbons (Fsp3) is 0.235. The van der Waals surface area contributed by atoms with Gasteiger partial charge in [0.1, 0.15) is 11.5 Å². The average Bonchev–Trinajstić information content (AvgIpc) is 2.61. The summed E-state index contributed by atoms with van der Waals surface area (Å²) >= 11 is 6.03. The molecule has 0 aliphatic heterocycles. The van der Waals surface area contributed by atoms with Crippen LogP contribution in [0.15, 0.2) is 30.3 Å². The molecule has 2 N–H and O–H groups in total. The smallest absolute Gasteiger partial charge is 0.274 e. The molecule has 0 radical (unpaired) electrons. The largest absolute Gasteiger partial charge is 0.495 e. The van der Waals surface area contributed by atoms with Gasteiger partial charge in [0.25, 0.3) is 5.69 Å². The number of halogens is 1. The van der Waals surface area contributed by atoms with E-state index < -0.39 is 4.92 Å². The van der Waals surface area contributed by atoms with Gasteiger partial charge in [-0.05, 0) is 13.0 Å². The lowest BCUT2D eigenvalue weighted by atomic mass is 10.1. The number of nitro benzene ring substituents is 1. The number of nitro groups is 1. The van der Waals surface area contributed by atoms with Gasteiger partial charge in [-0.15, -0.1) is 0 Å². The van der Waals surface area contributed by atoms with E-state index in [-0.39, 0.29) is 18.1 Å². The van der Waals surface area contributed by atoms with Gasteiger partial charge in [-0.3, -0.25) is 14.9 Å². The summed E-state index contributed by atoms with van der Waals surface area (Å²) in [5, 5.41) is 16.9. The summed E-state index contributed by atoms with van der Waals surface area (Å²) in [5.74, 6) is 0.416. The molecule has 2 aromatic rings. The van der Waals surface area contributed by atoms with E-state index in [1.54, 1.807) is 25.1 Å². The molecular formula is C17H18ClN3O5. The molecule has 0 bridgehead atoms. The molecule has 0 aliphatic rings. The molecule has 0 aromatic heterocycles. The number of benzene rings is 2. The Labute approximate surface area is 155 Å². The fourth-order valence-electron chi connectivity index (χ4n) is 2.34. The summed E-state index contributed by atoms with van der Waals surface area (Å²) in [7, 11) is 2.92. The van der Waals surface area contributed by atoms with Gasteiger partial charge in [-0.25, -0.2) is 0 Å². The molecule has 0 atom stereocenters. The van der Waals surface area contributed by atoms with Crippen molar-refractivity contribution < 1.29 is 19.2 Å². The molecular weight excluding hydrogens is 362 g/mol. The number of rotatable bonds is 7. The van der Waals surface area contributed by atoms with E-state index in [4.69, 9.17) is 21.1 Å². The molecule has 9 heteroatoms. The molecule has 0 unspecified atom stereocenters. The first-order valence-corrected chi connectivity index (χ1v) is 7.94. The predicted molar refractivity (Wildman–Crippen MR) is 99.5 cm³/mol. The summed E-state index contributed by atoms with van der Waals surface area (Å²) in [6.45, 7) is 1.53. The van der Waals surface area contributed by atoms with Crippen molar-refractivity contribution in [2.45, 2.75) is 6.92 Å². The highest BCUT2D eigenvalue weighted by atomic mass is 35.5. The molecule has 0 aliphatic carbocycles. The molecule has 0 saturated carbocycles. The third kappa shape index (κ3) is 4.34. The molecule has 0 saturated heterocycles. The topological polar surface area (TPSA) is 103 Å². The third-order valence-electron chi connectivity index (χ3n) is 3.69. The highest BCUT2D eigenvalue weighted by molar-refractivity contribution is 6.32. The maximum atomic E-state index is 12.2. The lowest BCUT2D eigenvalue weighted by Crippen LogP contribution is -2.22. The van der Waals surface area contributed by atoms with Crippen LogP contribution in [0, 0.1) is 17.0 Å². The highest BCUT2D eigenvalue weighted by Gasteiger charge is 2.15. The first-order chi connectivity index (χ1) is 12.4. The van der Waals surface area contributed by atoms with E-state index in [1.165, 1.54) is 26.4 Å². The van der Waals surface area contributed by atoms with Crippen molar-refractivity contribution >= 4 is 34.6 Å². The van der Waals surface area contributed by atoms with Gasteiger partial charge >= 0.3 is 0 Å². The van der Waals surface area contributed by atoms with Crippen LogP contribution in [0.5, 0.6) is 11.5 Å². The lowest BCUT2D eigenvalue weighted by Gasteiger charge is -2.14. The number of hydrogen-bond acceptors (Lipinski definition) is 6. The second-order valence-electron chi connectivity index (χ2n) is 5.30. The Morgan fingerprint density at radius 1 is 1.19 bits per heavy atom. The maximum Gasteiger partial charge on any atom is 0.274 e. The Bertz CT molecular complexity index is 841. The van der Waals surface area contributed by atoms with Crippen LogP contribution in [0.4, 0.5) is 17.1 Å². The number of carbonyl (C=O) groups excluding carboxylic acids is 1. The minimum atomic E-state index is -0.467.